The summed E-state index contributed by atoms with van der Waals surface area (Å²) in [5, 5.41) is 11.1. The minimum absolute atomic E-state index is 0.861. The first-order valence-electron chi connectivity index (χ1n) is 4.27. The van der Waals surface area contributed by atoms with Crippen molar-refractivity contribution >= 4 is 0 Å². The molecule has 0 aromatic carbocycles. The maximum atomic E-state index is 4.12. The summed E-state index contributed by atoms with van der Waals surface area (Å²) >= 11 is 0. The van der Waals surface area contributed by atoms with Crippen molar-refractivity contribution in [2.24, 2.45) is 0 Å². The summed E-state index contributed by atoms with van der Waals surface area (Å²) in [6, 6.07) is 1.98. The van der Waals surface area contributed by atoms with Gasteiger partial charge in [-0.2, -0.15) is 10.2 Å². The highest BCUT2D eigenvalue weighted by molar-refractivity contribution is 5.56. The number of aryl methyl sites for hydroxylation is 2. The molecule has 0 bridgehead atoms. The van der Waals surface area contributed by atoms with E-state index in [0.29, 0.717) is 0 Å². The van der Waals surface area contributed by atoms with Crippen LogP contribution in [-0.4, -0.2) is 20.0 Å². The SMILES string of the molecule is CCn1cc(-c2cc(C)[nH]n2)[c]n1. The standard InChI is InChI=1S/C9H11N4/c1-3-13-6-8(5-10-13)9-4-7(2)11-12-9/h4,6H,3H2,1-2H3,(H,11,12). The molecule has 2 heterocycles. The van der Waals surface area contributed by atoms with Crippen LogP contribution in [0.25, 0.3) is 11.3 Å². The molecule has 0 saturated carbocycles. The van der Waals surface area contributed by atoms with Crippen LogP contribution >= 0.6 is 0 Å². The molecule has 0 spiro atoms. The highest BCUT2D eigenvalue weighted by atomic mass is 15.3. The zero-order valence-corrected chi connectivity index (χ0v) is 7.70. The fourth-order valence-electron chi connectivity index (χ4n) is 1.17. The quantitative estimate of drug-likeness (QED) is 0.750. The summed E-state index contributed by atoms with van der Waals surface area (Å²) in [7, 11) is 0. The zero-order valence-electron chi connectivity index (χ0n) is 7.70. The molecule has 0 aliphatic heterocycles. The van der Waals surface area contributed by atoms with Crippen molar-refractivity contribution in [2.45, 2.75) is 20.4 Å². The summed E-state index contributed by atoms with van der Waals surface area (Å²) in [6.45, 7) is 4.88. The van der Waals surface area contributed by atoms with Crippen LogP contribution in [0.5, 0.6) is 0 Å². The van der Waals surface area contributed by atoms with Crippen LogP contribution < -0.4 is 0 Å². The lowest BCUT2D eigenvalue weighted by atomic mass is 10.2. The highest BCUT2D eigenvalue weighted by Crippen LogP contribution is 2.15. The van der Waals surface area contributed by atoms with Crippen molar-refractivity contribution in [1.29, 1.82) is 0 Å². The van der Waals surface area contributed by atoms with E-state index in [9.17, 15) is 0 Å². The molecular formula is C9H11N4. The number of rotatable bonds is 2. The Labute approximate surface area is 76.6 Å². The molecule has 4 heteroatoms. The zero-order chi connectivity index (χ0) is 9.26. The third kappa shape index (κ3) is 1.47. The van der Waals surface area contributed by atoms with Gasteiger partial charge in [0, 0.05) is 24.0 Å². The Hall–Kier alpha value is -1.58. The second-order valence-corrected chi connectivity index (χ2v) is 2.95. The van der Waals surface area contributed by atoms with E-state index in [1.54, 1.807) is 0 Å². The lowest BCUT2D eigenvalue weighted by Crippen LogP contribution is -1.92. The largest absolute Gasteiger partial charge is 0.282 e. The molecule has 67 valence electrons. The number of hydrogen-bond donors (Lipinski definition) is 1. The van der Waals surface area contributed by atoms with Crippen LogP contribution in [0, 0.1) is 13.1 Å². The van der Waals surface area contributed by atoms with Gasteiger partial charge in [0.25, 0.3) is 0 Å². The van der Waals surface area contributed by atoms with Crippen molar-refractivity contribution in [3.8, 4) is 11.3 Å². The summed E-state index contributed by atoms with van der Waals surface area (Å²) in [4.78, 5) is 0. The molecular weight excluding hydrogens is 164 g/mol. The van der Waals surface area contributed by atoms with Crippen LogP contribution in [0.3, 0.4) is 0 Å². The fraction of sp³-hybridized carbons (Fsp3) is 0.333. The van der Waals surface area contributed by atoms with Crippen molar-refractivity contribution in [1.82, 2.24) is 20.0 Å². The summed E-state index contributed by atoms with van der Waals surface area (Å²) < 4.78 is 1.83. The molecule has 2 aromatic rings. The molecule has 0 atom stereocenters. The van der Waals surface area contributed by atoms with Crippen LogP contribution in [0.15, 0.2) is 12.3 Å². The number of aromatic nitrogens is 4. The molecule has 4 nitrogen and oxygen atoms in total. The van der Waals surface area contributed by atoms with Gasteiger partial charge in [0.2, 0.25) is 0 Å². The van der Waals surface area contributed by atoms with Gasteiger partial charge in [0.05, 0.1) is 5.69 Å². The topological polar surface area (TPSA) is 46.5 Å². The van der Waals surface area contributed by atoms with E-state index < -0.39 is 0 Å². The molecule has 2 rings (SSSR count). The Morgan fingerprint density at radius 1 is 1.62 bits per heavy atom. The molecule has 1 radical (unpaired) electrons. The first kappa shape index (κ1) is 8.04. The number of H-pyrrole nitrogens is 1. The van der Waals surface area contributed by atoms with Gasteiger partial charge in [-0.1, -0.05) is 0 Å². The van der Waals surface area contributed by atoms with Crippen molar-refractivity contribution < 1.29 is 0 Å². The second-order valence-electron chi connectivity index (χ2n) is 2.95. The van der Waals surface area contributed by atoms with E-state index in [0.717, 1.165) is 23.5 Å². The molecule has 0 aliphatic rings. The summed E-state index contributed by atoms with van der Waals surface area (Å²) in [5.41, 5.74) is 2.89. The highest BCUT2D eigenvalue weighted by Gasteiger charge is 2.04. The maximum absolute atomic E-state index is 4.12. The van der Waals surface area contributed by atoms with E-state index in [4.69, 9.17) is 0 Å². The third-order valence-corrected chi connectivity index (χ3v) is 1.88. The van der Waals surface area contributed by atoms with Gasteiger partial charge in [0.1, 0.15) is 6.20 Å². The first-order valence-corrected chi connectivity index (χ1v) is 4.27. The van der Waals surface area contributed by atoms with Crippen molar-refractivity contribution in [3.63, 3.8) is 0 Å². The van der Waals surface area contributed by atoms with Crippen LogP contribution in [0.1, 0.15) is 12.6 Å². The van der Waals surface area contributed by atoms with Gasteiger partial charge in [-0.15, -0.1) is 0 Å². The van der Waals surface area contributed by atoms with Crippen LogP contribution in [-0.2, 0) is 6.54 Å². The number of hydrogen-bond acceptors (Lipinski definition) is 2. The van der Waals surface area contributed by atoms with E-state index in [-0.39, 0.29) is 0 Å². The monoisotopic (exact) mass is 175 g/mol. The Morgan fingerprint density at radius 2 is 2.46 bits per heavy atom. The molecule has 1 N–H and O–H groups in total. The number of nitrogens with zero attached hydrogens (tertiary/aromatic N) is 3. The number of aromatic amines is 1. The predicted octanol–water partition coefficient (Wildman–Crippen LogP) is 1.40. The van der Waals surface area contributed by atoms with E-state index in [1.807, 2.05) is 30.8 Å². The minimum Gasteiger partial charge on any atom is -0.282 e. The Balaban J connectivity index is 2.35. The van der Waals surface area contributed by atoms with E-state index >= 15 is 0 Å². The summed E-state index contributed by atoms with van der Waals surface area (Å²) in [5.74, 6) is 0. The lowest BCUT2D eigenvalue weighted by molar-refractivity contribution is 0.658. The van der Waals surface area contributed by atoms with Crippen LogP contribution in [0.4, 0.5) is 0 Å². The van der Waals surface area contributed by atoms with Gasteiger partial charge in [0.15, 0.2) is 0 Å². The average molecular weight is 175 g/mol. The molecule has 0 aliphatic carbocycles. The van der Waals surface area contributed by atoms with Gasteiger partial charge in [-0.3, -0.25) is 9.78 Å². The Kier molecular flexibility index (Phi) is 1.88. The van der Waals surface area contributed by atoms with E-state index in [2.05, 4.69) is 21.5 Å². The minimum atomic E-state index is 0.861. The van der Waals surface area contributed by atoms with Crippen LogP contribution in [0.2, 0.25) is 0 Å². The molecule has 0 unspecified atom stereocenters. The van der Waals surface area contributed by atoms with Gasteiger partial charge in [-0.25, -0.2) is 0 Å². The second kappa shape index (κ2) is 3.05. The van der Waals surface area contributed by atoms with Crippen molar-refractivity contribution in [3.05, 3.63) is 24.2 Å². The molecule has 2 aromatic heterocycles. The van der Waals surface area contributed by atoms with Gasteiger partial charge < -0.3 is 0 Å². The Bertz CT molecular complexity index is 399. The number of nitrogens with one attached hydrogen (secondary N) is 1. The first-order chi connectivity index (χ1) is 6.29. The molecule has 0 amide bonds. The normalized spacial score (nSPS) is 10.6. The smallest absolute Gasteiger partial charge is 0.123 e. The maximum Gasteiger partial charge on any atom is 0.123 e. The lowest BCUT2D eigenvalue weighted by Gasteiger charge is -1.89. The van der Waals surface area contributed by atoms with Gasteiger partial charge >= 0.3 is 0 Å². The molecule has 0 saturated heterocycles. The predicted molar refractivity (Wildman–Crippen MR) is 49.1 cm³/mol. The molecule has 0 fully saturated rings. The van der Waals surface area contributed by atoms with Crippen molar-refractivity contribution in [2.75, 3.05) is 0 Å². The fourth-order valence-corrected chi connectivity index (χ4v) is 1.17. The Morgan fingerprint density at radius 3 is 3.00 bits per heavy atom. The summed E-state index contributed by atoms with van der Waals surface area (Å²) in [6.07, 6.45) is 4.86. The average Bonchev–Trinajstić information content (AvgIpc) is 2.71. The third-order valence-electron chi connectivity index (χ3n) is 1.88. The van der Waals surface area contributed by atoms with E-state index in [1.165, 1.54) is 0 Å². The van der Waals surface area contributed by atoms with Gasteiger partial charge in [-0.05, 0) is 19.9 Å². The molecule has 13 heavy (non-hydrogen) atoms.